The largest absolute Gasteiger partial charge is 0.483 e. The number of benzene rings is 1. The SMILES string of the molecule is CC(C)C[C@H](NC(=O)CNC(=O)c1ccccc1OCC(N)=O)C(=O)O. The zero-order chi connectivity index (χ0) is 19.7. The Bertz CT molecular complexity index is 674. The first-order valence-electron chi connectivity index (χ1n) is 8.01. The molecule has 0 saturated carbocycles. The zero-order valence-electron chi connectivity index (χ0n) is 14.7. The van der Waals surface area contributed by atoms with Gasteiger partial charge in [-0.05, 0) is 24.5 Å². The molecule has 5 N–H and O–H groups in total. The predicted octanol–water partition coefficient (Wildman–Crippen LogP) is -0.104. The van der Waals surface area contributed by atoms with Gasteiger partial charge in [0.15, 0.2) is 6.61 Å². The van der Waals surface area contributed by atoms with Crippen LogP contribution in [0.4, 0.5) is 0 Å². The number of carboxylic acids is 1. The Hall–Kier alpha value is -3.10. The van der Waals surface area contributed by atoms with Gasteiger partial charge in [-0.25, -0.2) is 4.79 Å². The number of nitrogens with one attached hydrogen (secondary N) is 2. The second kappa shape index (κ2) is 10.0. The molecule has 0 saturated heterocycles. The lowest BCUT2D eigenvalue weighted by atomic mass is 10.0. The highest BCUT2D eigenvalue weighted by molar-refractivity contribution is 5.99. The molecule has 0 heterocycles. The summed E-state index contributed by atoms with van der Waals surface area (Å²) in [6.45, 7) is 2.89. The molecule has 0 spiro atoms. The van der Waals surface area contributed by atoms with Crippen LogP contribution in [-0.2, 0) is 14.4 Å². The minimum absolute atomic E-state index is 0.0836. The zero-order valence-corrected chi connectivity index (χ0v) is 14.7. The van der Waals surface area contributed by atoms with E-state index in [1.165, 1.54) is 12.1 Å². The van der Waals surface area contributed by atoms with Crippen molar-refractivity contribution in [3.63, 3.8) is 0 Å². The highest BCUT2D eigenvalue weighted by Crippen LogP contribution is 2.17. The van der Waals surface area contributed by atoms with Crippen LogP contribution in [0.1, 0.15) is 30.6 Å². The summed E-state index contributed by atoms with van der Waals surface area (Å²) in [6.07, 6.45) is 0.277. The summed E-state index contributed by atoms with van der Waals surface area (Å²) >= 11 is 0. The van der Waals surface area contributed by atoms with Crippen molar-refractivity contribution in [3.8, 4) is 5.75 Å². The number of hydrogen-bond donors (Lipinski definition) is 4. The Morgan fingerprint density at radius 3 is 2.42 bits per heavy atom. The predicted molar refractivity (Wildman–Crippen MR) is 92.5 cm³/mol. The number of aliphatic carboxylic acids is 1. The summed E-state index contributed by atoms with van der Waals surface area (Å²) < 4.78 is 5.15. The van der Waals surface area contributed by atoms with Crippen molar-refractivity contribution in [2.45, 2.75) is 26.3 Å². The molecule has 0 aliphatic heterocycles. The number of amides is 3. The molecule has 26 heavy (non-hydrogen) atoms. The van der Waals surface area contributed by atoms with E-state index in [1.54, 1.807) is 12.1 Å². The molecule has 0 unspecified atom stereocenters. The standard InChI is InChI=1S/C17H23N3O6/c1-10(2)7-12(17(24)25)20-15(22)8-19-16(23)11-5-3-4-6-13(11)26-9-14(18)21/h3-6,10,12H,7-9H2,1-2H3,(H2,18,21)(H,19,23)(H,20,22)(H,24,25)/t12-/m0/s1. The number of carbonyl (C=O) groups is 4. The van der Waals surface area contributed by atoms with Crippen LogP contribution in [0.25, 0.3) is 0 Å². The number of hydrogen-bond acceptors (Lipinski definition) is 5. The van der Waals surface area contributed by atoms with Gasteiger partial charge in [-0.3, -0.25) is 14.4 Å². The summed E-state index contributed by atoms with van der Waals surface area (Å²) in [5.74, 6) is -2.82. The summed E-state index contributed by atoms with van der Waals surface area (Å²) in [6, 6.07) is 5.13. The maximum Gasteiger partial charge on any atom is 0.326 e. The van der Waals surface area contributed by atoms with Crippen molar-refractivity contribution in [2.24, 2.45) is 11.7 Å². The van der Waals surface area contributed by atoms with Gasteiger partial charge in [0.25, 0.3) is 11.8 Å². The average Bonchev–Trinajstić information content (AvgIpc) is 2.57. The first kappa shape index (κ1) is 20.9. The van der Waals surface area contributed by atoms with Crippen LogP contribution in [0, 0.1) is 5.92 Å². The number of carboxylic acid groups (broad SMARTS) is 1. The van der Waals surface area contributed by atoms with Crippen LogP contribution in [-0.4, -0.2) is 48.0 Å². The third kappa shape index (κ3) is 7.20. The molecule has 9 nitrogen and oxygen atoms in total. The number of carbonyl (C=O) groups excluding carboxylic acids is 3. The van der Waals surface area contributed by atoms with E-state index in [0.29, 0.717) is 0 Å². The monoisotopic (exact) mass is 365 g/mol. The van der Waals surface area contributed by atoms with Crippen molar-refractivity contribution in [1.82, 2.24) is 10.6 Å². The van der Waals surface area contributed by atoms with Gasteiger partial charge < -0.3 is 26.2 Å². The first-order valence-corrected chi connectivity index (χ1v) is 8.01. The molecule has 1 rings (SSSR count). The Morgan fingerprint density at radius 1 is 1.19 bits per heavy atom. The van der Waals surface area contributed by atoms with Crippen molar-refractivity contribution in [3.05, 3.63) is 29.8 Å². The van der Waals surface area contributed by atoms with Crippen molar-refractivity contribution < 1.29 is 29.0 Å². The van der Waals surface area contributed by atoms with Gasteiger partial charge in [0.05, 0.1) is 12.1 Å². The van der Waals surface area contributed by atoms with Gasteiger partial charge in [0.1, 0.15) is 11.8 Å². The van der Waals surface area contributed by atoms with Crippen molar-refractivity contribution >= 4 is 23.7 Å². The summed E-state index contributed by atoms with van der Waals surface area (Å²) in [4.78, 5) is 46.0. The number of nitrogens with two attached hydrogens (primary N) is 1. The maximum absolute atomic E-state index is 12.2. The van der Waals surface area contributed by atoms with Crippen LogP contribution >= 0.6 is 0 Å². The van der Waals surface area contributed by atoms with Crippen LogP contribution in [0.5, 0.6) is 5.75 Å². The molecule has 0 aromatic heterocycles. The molecule has 1 aromatic carbocycles. The lowest BCUT2D eigenvalue weighted by molar-refractivity contribution is -0.142. The van der Waals surface area contributed by atoms with Gasteiger partial charge in [-0.15, -0.1) is 0 Å². The van der Waals surface area contributed by atoms with E-state index in [1.807, 2.05) is 13.8 Å². The molecule has 0 aliphatic carbocycles. The van der Waals surface area contributed by atoms with E-state index in [4.69, 9.17) is 15.6 Å². The molecular weight excluding hydrogens is 342 g/mol. The number of para-hydroxylation sites is 1. The molecule has 0 aliphatic rings. The van der Waals surface area contributed by atoms with E-state index in [9.17, 15) is 19.2 Å². The molecule has 3 amide bonds. The van der Waals surface area contributed by atoms with Gasteiger partial charge in [0, 0.05) is 0 Å². The minimum atomic E-state index is -1.14. The summed E-state index contributed by atoms with van der Waals surface area (Å²) in [5, 5.41) is 13.9. The Balaban J connectivity index is 2.64. The molecule has 0 radical (unpaired) electrons. The second-order valence-corrected chi connectivity index (χ2v) is 6.02. The smallest absolute Gasteiger partial charge is 0.326 e. The molecule has 0 bridgehead atoms. The quantitative estimate of drug-likeness (QED) is 0.455. The van der Waals surface area contributed by atoms with Crippen molar-refractivity contribution in [2.75, 3.05) is 13.2 Å². The Morgan fingerprint density at radius 2 is 1.85 bits per heavy atom. The topological polar surface area (TPSA) is 148 Å². The molecule has 1 aromatic rings. The fourth-order valence-corrected chi connectivity index (χ4v) is 2.12. The normalized spacial score (nSPS) is 11.5. The third-order valence-corrected chi connectivity index (χ3v) is 3.25. The number of rotatable bonds is 10. The van der Waals surface area contributed by atoms with Gasteiger partial charge >= 0.3 is 5.97 Å². The highest BCUT2D eigenvalue weighted by Gasteiger charge is 2.21. The van der Waals surface area contributed by atoms with E-state index >= 15 is 0 Å². The van der Waals surface area contributed by atoms with Crippen molar-refractivity contribution in [1.29, 1.82) is 0 Å². The first-order chi connectivity index (χ1) is 12.2. The lowest BCUT2D eigenvalue weighted by Crippen LogP contribution is -2.46. The lowest BCUT2D eigenvalue weighted by Gasteiger charge is -2.17. The number of ether oxygens (including phenoxy) is 1. The molecule has 0 fully saturated rings. The van der Waals surface area contributed by atoms with Gasteiger partial charge in [0.2, 0.25) is 5.91 Å². The van der Waals surface area contributed by atoms with Crippen LogP contribution in [0.15, 0.2) is 24.3 Å². The Labute approximate surface area is 150 Å². The maximum atomic E-state index is 12.2. The number of primary amides is 1. The molecule has 1 atom stereocenters. The van der Waals surface area contributed by atoms with Crippen LogP contribution < -0.4 is 21.1 Å². The van der Waals surface area contributed by atoms with Crippen LogP contribution in [0.2, 0.25) is 0 Å². The fraction of sp³-hybridized carbons (Fsp3) is 0.412. The van der Waals surface area contributed by atoms with Gasteiger partial charge in [-0.1, -0.05) is 26.0 Å². The third-order valence-electron chi connectivity index (χ3n) is 3.25. The van der Waals surface area contributed by atoms with E-state index in [0.717, 1.165) is 0 Å². The second-order valence-electron chi connectivity index (χ2n) is 6.02. The highest BCUT2D eigenvalue weighted by atomic mass is 16.5. The van der Waals surface area contributed by atoms with E-state index in [2.05, 4.69) is 10.6 Å². The summed E-state index contributed by atoms with van der Waals surface area (Å²) in [7, 11) is 0. The minimum Gasteiger partial charge on any atom is -0.483 e. The Kier molecular flexibility index (Phi) is 8.07. The fourth-order valence-electron chi connectivity index (χ4n) is 2.12. The van der Waals surface area contributed by atoms with Gasteiger partial charge in [-0.2, -0.15) is 0 Å². The summed E-state index contributed by atoms with van der Waals surface area (Å²) in [5.41, 5.74) is 5.13. The average molecular weight is 365 g/mol. The molecular formula is C17H23N3O6. The van der Waals surface area contributed by atoms with Crippen LogP contribution in [0.3, 0.4) is 0 Å². The van der Waals surface area contributed by atoms with E-state index in [-0.39, 0.29) is 30.3 Å². The molecule has 9 heteroatoms. The van der Waals surface area contributed by atoms with E-state index < -0.39 is 36.3 Å². The molecule has 142 valence electrons.